The lowest BCUT2D eigenvalue weighted by Gasteiger charge is -2.37. The summed E-state index contributed by atoms with van der Waals surface area (Å²) in [7, 11) is 0. The highest BCUT2D eigenvalue weighted by molar-refractivity contribution is 5.93. The van der Waals surface area contributed by atoms with Gasteiger partial charge in [-0.2, -0.15) is 5.10 Å². The standard InChI is InChI=1S/C21H29N5O3/c1-15(2)26-20(6-7-22-26)23-21(27)16(3)25-10-8-24(9-11-25)13-17-4-5-18-19(12-17)29-14-28-18/h4-7,12,15-16H,8-11,13-14H2,1-3H3,(H,23,27). The van der Waals surface area contributed by atoms with Crippen LogP contribution in [0.1, 0.15) is 32.4 Å². The fourth-order valence-electron chi connectivity index (χ4n) is 3.83. The molecule has 0 aliphatic carbocycles. The minimum Gasteiger partial charge on any atom is -0.454 e. The molecule has 29 heavy (non-hydrogen) atoms. The van der Waals surface area contributed by atoms with Gasteiger partial charge < -0.3 is 14.8 Å². The molecule has 8 nitrogen and oxygen atoms in total. The summed E-state index contributed by atoms with van der Waals surface area (Å²) in [5.74, 6) is 2.40. The first-order chi connectivity index (χ1) is 14.0. The third-order valence-corrected chi connectivity index (χ3v) is 5.59. The number of aromatic nitrogens is 2. The van der Waals surface area contributed by atoms with E-state index in [4.69, 9.17) is 9.47 Å². The van der Waals surface area contributed by atoms with Crippen molar-refractivity contribution in [3.8, 4) is 11.5 Å². The van der Waals surface area contributed by atoms with E-state index in [-0.39, 0.29) is 18.0 Å². The van der Waals surface area contributed by atoms with Crippen LogP contribution < -0.4 is 14.8 Å². The molecule has 1 unspecified atom stereocenters. The van der Waals surface area contributed by atoms with Crippen molar-refractivity contribution in [2.75, 3.05) is 38.3 Å². The number of carbonyl (C=O) groups is 1. The quantitative estimate of drug-likeness (QED) is 0.804. The molecular weight excluding hydrogens is 370 g/mol. The highest BCUT2D eigenvalue weighted by Crippen LogP contribution is 2.32. The molecule has 0 saturated carbocycles. The number of nitrogens with one attached hydrogen (secondary N) is 1. The van der Waals surface area contributed by atoms with Gasteiger partial charge in [0, 0.05) is 44.8 Å². The Morgan fingerprint density at radius 1 is 1.10 bits per heavy atom. The van der Waals surface area contributed by atoms with Gasteiger partial charge in [-0.15, -0.1) is 0 Å². The van der Waals surface area contributed by atoms with Crippen LogP contribution in [0.4, 0.5) is 5.82 Å². The van der Waals surface area contributed by atoms with Crippen LogP contribution in [0.2, 0.25) is 0 Å². The third kappa shape index (κ3) is 4.38. The topological polar surface area (TPSA) is 71.9 Å². The fraction of sp³-hybridized carbons (Fsp3) is 0.524. The Hall–Kier alpha value is -2.58. The maximum Gasteiger partial charge on any atom is 0.242 e. The number of amides is 1. The zero-order valence-corrected chi connectivity index (χ0v) is 17.3. The molecule has 2 aliphatic heterocycles. The Bertz CT molecular complexity index is 858. The van der Waals surface area contributed by atoms with Gasteiger partial charge in [-0.05, 0) is 38.5 Å². The van der Waals surface area contributed by atoms with Crippen molar-refractivity contribution >= 4 is 11.7 Å². The molecule has 4 rings (SSSR count). The fourth-order valence-corrected chi connectivity index (χ4v) is 3.83. The highest BCUT2D eigenvalue weighted by atomic mass is 16.7. The van der Waals surface area contributed by atoms with Crippen LogP contribution in [0.25, 0.3) is 0 Å². The lowest BCUT2D eigenvalue weighted by Crippen LogP contribution is -2.52. The summed E-state index contributed by atoms with van der Waals surface area (Å²) in [6, 6.07) is 7.99. The van der Waals surface area contributed by atoms with E-state index in [1.807, 2.05) is 37.6 Å². The Morgan fingerprint density at radius 3 is 2.62 bits per heavy atom. The molecule has 1 aromatic heterocycles. The molecule has 0 spiro atoms. The minimum absolute atomic E-state index is 0.0108. The van der Waals surface area contributed by atoms with Gasteiger partial charge in [0.2, 0.25) is 12.7 Å². The van der Waals surface area contributed by atoms with Crippen LogP contribution in [0.3, 0.4) is 0 Å². The number of benzene rings is 1. The summed E-state index contributed by atoms with van der Waals surface area (Å²) in [5.41, 5.74) is 1.22. The number of hydrogen-bond acceptors (Lipinski definition) is 6. The molecule has 2 aromatic rings. The minimum atomic E-state index is -0.182. The van der Waals surface area contributed by atoms with Crippen molar-refractivity contribution in [3.63, 3.8) is 0 Å². The average Bonchev–Trinajstić information content (AvgIpc) is 3.37. The van der Waals surface area contributed by atoms with E-state index in [2.05, 4.69) is 32.3 Å². The molecule has 1 fully saturated rings. The normalized spacial score (nSPS) is 18.2. The number of carbonyl (C=O) groups excluding carboxylic acids is 1. The van der Waals surface area contributed by atoms with Crippen LogP contribution in [0.15, 0.2) is 30.5 Å². The van der Waals surface area contributed by atoms with Crippen LogP contribution in [-0.2, 0) is 11.3 Å². The summed E-state index contributed by atoms with van der Waals surface area (Å²) in [5, 5.41) is 7.30. The van der Waals surface area contributed by atoms with Crippen molar-refractivity contribution in [1.29, 1.82) is 0 Å². The summed E-state index contributed by atoms with van der Waals surface area (Å²) in [4.78, 5) is 17.4. The first-order valence-corrected chi connectivity index (χ1v) is 10.2. The van der Waals surface area contributed by atoms with Crippen LogP contribution in [0, 0.1) is 0 Å². The van der Waals surface area contributed by atoms with Gasteiger partial charge in [-0.3, -0.25) is 14.6 Å². The van der Waals surface area contributed by atoms with Crippen molar-refractivity contribution in [3.05, 3.63) is 36.0 Å². The van der Waals surface area contributed by atoms with Gasteiger partial charge in [-0.25, -0.2) is 4.68 Å². The largest absolute Gasteiger partial charge is 0.454 e. The van der Waals surface area contributed by atoms with Crippen molar-refractivity contribution < 1.29 is 14.3 Å². The molecule has 1 atom stereocenters. The number of anilines is 1. The average molecular weight is 399 g/mol. The van der Waals surface area contributed by atoms with Crippen molar-refractivity contribution in [2.45, 2.75) is 39.4 Å². The summed E-state index contributed by atoms with van der Waals surface area (Å²) in [6.07, 6.45) is 1.72. The zero-order valence-electron chi connectivity index (χ0n) is 17.3. The molecule has 1 saturated heterocycles. The Morgan fingerprint density at radius 2 is 1.86 bits per heavy atom. The van der Waals surface area contributed by atoms with Crippen molar-refractivity contribution in [1.82, 2.24) is 19.6 Å². The second-order valence-corrected chi connectivity index (χ2v) is 7.92. The molecule has 0 bridgehead atoms. The molecule has 0 radical (unpaired) electrons. The molecule has 3 heterocycles. The molecule has 8 heteroatoms. The molecule has 1 aromatic carbocycles. The number of ether oxygens (including phenoxy) is 2. The smallest absolute Gasteiger partial charge is 0.242 e. The lowest BCUT2D eigenvalue weighted by atomic mass is 10.1. The summed E-state index contributed by atoms with van der Waals surface area (Å²) < 4.78 is 12.7. The second kappa shape index (κ2) is 8.42. The highest BCUT2D eigenvalue weighted by Gasteiger charge is 2.26. The molecule has 156 valence electrons. The van der Waals surface area contributed by atoms with Gasteiger partial charge in [0.25, 0.3) is 0 Å². The summed E-state index contributed by atoms with van der Waals surface area (Å²) in [6.45, 7) is 10.8. The SMILES string of the molecule is CC(C(=O)Nc1ccnn1C(C)C)N1CCN(Cc2ccc3c(c2)OCO3)CC1. The first kappa shape index (κ1) is 19.7. The predicted molar refractivity (Wildman–Crippen MR) is 110 cm³/mol. The Kier molecular flexibility index (Phi) is 5.73. The van der Waals surface area contributed by atoms with Crippen LogP contribution in [0.5, 0.6) is 11.5 Å². The third-order valence-electron chi connectivity index (χ3n) is 5.59. The number of fused-ring (bicyclic) bond motifs is 1. The van der Waals surface area contributed by atoms with Gasteiger partial charge in [0.1, 0.15) is 5.82 Å². The first-order valence-electron chi connectivity index (χ1n) is 10.2. The molecule has 2 aliphatic rings. The summed E-state index contributed by atoms with van der Waals surface area (Å²) >= 11 is 0. The predicted octanol–water partition coefficient (Wildman–Crippen LogP) is 2.34. The number of hydrogen-bond donors (Lipinski definition) is 1. The van der Waals surface area contributed by atoms with E-state index in [0.29, 0.717) is 6.79 Å². The Labute approximate surface area is 171 Å². The molecule has 1 N–H and O–H groups in total. The van der Waals surface area contributed by atoms with Gasteiger partial charge >= 0.3 is 0 Å². The van der Waals surface area contributed by atoms with Gasteiger partial charge in [-0.1, -0.05) is 6.07 Å². The zero-order chi connectivity index (χ0) is 20.4. The molecular formula is C21H29N5O3. The van der Waals surface area contributed by atoms with E-state index in [0.717, 1.165) is 50.0 Å². The Balaban J connectivity index is 1.28. The number of piperazine rings is 1. The van der Waals surface area contributed by atoms with Gasteiger partial charge in [0.05, 0.1) is 12.2 Å². The second-order valence-electron chi connectivity index (χ2n) is 7.92. The van der Waals surface area contributed by atoms with E-state index in [1.165, 1.54) is 5.56 Å². The van der Waals surface area contributed by atoms with Gasteiger partial charge in [0.15, 0.2) is 11.5 Å². The monoisotopic (exact) mass is 399 g/mol. The lowest BCUT2D eigenvalue weighted by molar-refractivity contribution is -0.121. The number of rotatable bonds is 6. The van der Waals surface area contributed by atoms with Crippen LogP contribution in [-0.4, -0.2) is 64.5 Å². The van der Waals surface area contributed by atoms with E-state index >= 15 is 0 Å². The van der Waals surface area contributed by atoms with E-state index < -0.39 is 0 Å². The maximum atomic E-state index is 12.7. The van der Waals surface area contributed by atoms with Crippen LogP contribution >= 0.6 is 0 Å². The number of nitrogens with zero attached hydrogens (tertiary/aromatic N) is 4. The van der Waals surface area contributed by atoms with E-state index in [1.54, 1.807) is 6.20 Å². The molecule has 1 amide bonds. The van der Waals surface area contributed by atoms with E-state index in [9.17, 15) is 4.79 Å². The maximum absolute atomic E-state index is 12.7. The van der Waals surface area contributed by atoms with Crippen molar-refractivity contribution in [2.24, 2.45) is 0 Å².